The molecule has 0 aliphatic rings. The van der Waals surface area contributed by atoms with Crippen LogP contribution in [0.1, 0.15) is 11.5 Å². The molecule has 0 fully saturated rings. The van der Waals surface area contributed by atoms with Crippen LogP contribution in [0.2, 0.25) is 0 Å². The molecule has 0 amide bonds. The first-order valence-corrected chi connectivity index (χ1v) is 11.5. The Morgan fingerprint density at radius 1 is 0.828 bits per heavy atom. The Kier molecular flexibility index (Phi) is 6.18. The molecule has 0 spiro atoms. The first-order valence-electron chi connectivity index (χ1n) is 8.66. The molecule has 1 aromatic carbocycles. The van der Waals surface area contributed by atoms with Gasteiger partial charge in [0.2, 0.25) is 20.0 Å². The van der Waals surface area contributed by atoms with Gasteiger partial charge in [-0.3, -0.25) is 4.98 Å². The van der Waals surface area contributed by atoms with Gasteiger partial charge in [0.25, 0.3) is 0 Å². The van der Waals surface area contributed by atoms with E-state index < -0.39 is 20.0 Å². The Bertz CT molecular complexity index is 1140. The van der Waals surface area contributed by atoms with Gasteiger partial charge in [0.15, 0.2) is 0 Å². The molecular weight excluding hydrogens is 414 g/mol. The summed E-state index contributed by atoms with van der Waals surface area (Å²) in [6.07, 6.45) is 3.07. The Labute approximate surface area is 170 Å². The molecule has 2 heterocycles. The monoisotopic (exact) mass is 435 g/mol. The molecule has 3 rings (SSSR count). The van der Waals surface area contributed by atoms with Crippen LogP contribution in [0.3, 0.4) is 0 Å². The second-order valence-electron chi connectivity index (χ2n) is 6.43. The molecule has 29 heavy (non-hydrogen) atoms. The fourth-order valence-electron chi connectivity index (χ4n) is 2.62. The summed E-state index contributed by atoms with van der Waals surface area (Å²) in [6.45, 7) is 0.0608. The number of rotatable bonds is 8. The molecule has 0 saturated heterocycles. The predicted molar refractivity (Wildman–Crippen MR) is 107 cm³/mol. The van der Waals surface area contributed by atoms with Crippen molar-refractivity contribution in [3.8, 4) is 0 Å². The van der Waals surface area contributed by atoms with E-state index in [0.717, 1.165) is 4.31 Å². The summed E-state index contributed by atoms with van der Waals surface area (Å²) < 4.78 is 58.6. The molecule has 0 atom stereocenters. The van der Waals surface area contributed by atoms with Crippen molar-refractivity contribution >= 4 is 20.0 Å². The van der Waals surface area contributed by atoms with Gasteiger partial charge in [-0.1, -0.05) is 6.07 Å². The standard InChI is InChI=1S/C19H21N3O5S2/c1-21(2)28(23,24)18-8-10-19(11-9-18)29(25,26)22(15-17-7-5-13-27-17)14-16-6-3-4-12-20-16/h3-13H,14-15H2,1-2H3. The lowest BCUT2D eigenvalue weighted by atomic mass is 10.3. The molecule has 10 heteroatoms. The van der Waals surface area contributed by atoms with Crippen LogP contribution in [0.4, 0.5) is 0 Å². The van der Waals surface area contributed by atoms with Gasteiger partial charge in [0.05, 0.1) is 34.8 Å². The Morgan fingerprint density at radius 2 is 1.48 bits per heavy atom. The Hall–Kier alpha value is -2.53. The molecule has 3 aromatic rings. The van der Waals surface area contributed by atoms with E-state index in [4.69, 9.17) is 4.42 Å². The molecule has 0 aliphatic carbocycles. The average molecular weight is 436 g/mol. The maximum Gasteiger partial charge on any atom is 0.243 e. The normalized spacial score (nSPS) is 12.6. The van der Waals surface area contributed by atoms with Gasteiger partial charge in [-0.25, -0.2) is 21.1 Å². The largest absolute Gasteiger partial charge is 0.468 e. The summed E-state index contributed by atoms with van der Waals surface area (Å²) in [5.74, 6) is 0.483. The molecule has 0 bridgehead atoms. The summed E-state index contributed by atoms with van der Waals surface area (Å²) in [4.78, 5) is 4.20. The second kappa shape index (κ2) is 8.46. The number of hydrogen-bond donors (Lipinski definition) is 0. The van der Waals surface area contributed by atoms with Crippen LogP contribution in [0.5, 0.6) is 0 Å². The highest BCUT2D eigenvalue weighted by atomic mass is 32.2. The lowest BCUT2D eigenvalue weighted by molar-refractivity contribution is 0.355. The Morgan fingerprint density at radius 3 is 2.00 bits per heavy atom. The topological polar surface area (TPSA) is 101 Å². The third kappa shape index (κ3) is 4.73. The van der Waals surface area contributed by atoms with E-state index in [1.54, 1.807) is 36.5 Å². The molecular formula is C19H21N3O5S2. The van der Waals surface area contributed by atoms with E-state index in [1.807, 2.05) is 0 Å². The van der Waals surface area contributed by atoms with Gasteiger partial charge < -0.3 is 4.42 Å². The first-order chi connectivity index (χ1) is 13.7. The fourth-order valence-corrected chi connectivity index (χ4v) is 4.90. The van der Waals surface area contributed by atoms with Crippen LogP contribution in [-0.2, 0) is 33.1 Å². The van der Waals surface area contributed by atoms with E-state index in [2.05, 4.69) is 4.98 Å². The zero-order chi connectivity index (χ0) is 21.1. The van der Waals surface area contributed by atoms with Crippen molar-refractivity contribution in [1.82, 2.24) is 13.6 Å². The zero-order valence-electron chi connectivity index (χ0n) is 16.0. The number of pyridine rings is 1. The molecule has 8 nitrogen and oxygen atoms in total. The predicted octanol–water partition coefficient (Wildman–Crippen LogP) is 2.32. The lowest BCUT2D eigenvalue weighted by Gasteiger charge is -2.21. The van der Waals surface area contributed by atoms with Crippen LogP contribution in [0, 0.1) is 0 Å². The van der Waals surface area contributed by atoms with Gasteiger partial charge >= 0.3 is 0 Å². The molecule has 0 radical (unpaired) electrons. The van der Waals surface area contributed by atoms with Crippen LogP contribution in [-0.4, -0.2) is 44.5 Å². The summed E-state index contributed by atoms with van der Waals surface area (Å²) in [5.41, 5.74) is 0.578. The highest BCUT2D eigenvalue weighted by Gasteiger charge is 2.27. The Balaban J connectivity index is 1.95. The third-order valence-corrected chi connectivity index (χ3v) is 7.85. The van der Waals surface area contributed by atoms with E-state index in [0.29, 0.717) is 11.5 Å². The van der Waals surface area contributed by atoms with Gasteiger partial charge in [0, 0.05) is 20.3 Å². The molecule has 2 aromatic heterocycles. The van der Waals surface area contributed by atoms with E-state index >= 15 is 0 Å². The fraction of sp³-hybridized carbons (Fsp3) is 0.211. The quantitative estimate of drug-likeness (QED) is 0.538. The average Bonchev–Trinajstić information content (AvgIpc) is 3.21. The van der Waals surface area contributed by atoms with E-state index in [1.165, 1.54) is 48.9 Å². The van der Waals surface area contributed by atoms with Gasteiger partial charge in [-0.2, -0.15) is 4.31 Å². The first kappa shape index (κ1) is 21.2. The third-order valence-electron chi connectivity index (χ3n) is 4.22. The molecule has 0 unspecified atom stereocenters. The summed E-state index contributed by atoms with van der Waals surface area (Å²) >= 11 is 0. The molecule has 154 valence electrons. The van der Waals surface area contributed by atoms with Crippen molar-refractivity contribution in [2.45, 2.75) is 22.9 Å². The van der Waals surface area contributed by atoms with Crippen molar-refractivity contribution in [2.24, 2.45) is 0 Å². The van der Waals surface area contributed by atoms with Crippen LogP contribution in [0.25, 0.3) is 0 Å². The lowest BCUT2D eigenvalue weighted by Crippen LogP contribution is -2.30. The minimum absolute atomic E-state index is 0.0160. The maximum atomic E-state index is 13.3. The smallest absolute Gasteiger partial charge is 0.243 e. The number of furan rings is 1. The zero-order valence-corrected chi connectivity index (χ0v) is 17.6. The number of benzene rings is 1. The van der Waals surface area contributed by atoms with Crippen molar-refractivity contribution < 1.29 is 21.3 Å². The summed E-state index contributed by atoms with van der Waals surface area (Å²) in [6, 6.07) is 13.8. The number of hydrogen-bond acceptors (Lipinski definition) is 6. The van der Waals surface area contributed by atoms with Gasteiger partial charge in [-0.15, -0.1) is 0 Å². The molecule has 0 aliphatic heterocycles. The van der Waals surface area contributed by atoms with Crippen LogP contribution in [0.15, 0.2) is 81.3 Å². The highest BCUT2D eigenvalue weighted by Crippen LogP contribution is 2.23. The van der Waals surface area contributed by atoms with Crippen molar-refractivity contribution in [2.75, 3.05) is 14.1 Å². The van der Waals surface area contributed by atoms with Gasteiger partial charge in [-0.05, 0) is 48.5 Å². The summed E-state index contributed by atoms with van der Waals surface area (Å²) in [5, 5.41) is 0. The minimum Gasteiger partial charge on any atom is -0.468 e. The van der Waals surface area contributed by atoms with E-state index in [-0.39, 0.29) is 22.9 Å². The maximum absolute atomic E-state index is 13.3. The van der Waals surface area contributed by atoms with Crippen LogP contribution < -0.4 is 0 Å². The van der Waals surface area contributed by atoms with Gasteiger partial charge in [0.1, 0.15) is 5.76 Å². The minimum atomic E-state index is -3.93. The molecule has 0 saturated carbocycles. The number of aromatic nitrogens is 1. The molecule has 0 N–H and O–H groups in total. The summed E-state index contributed by atoms with van der Waals surface area (Å²) in [7, 11) is -4.75. The van der Waals surface area contributed by atoms with Crippen molar-refractivity contribution in [3.05, 3.63) is 78.5 Å². The van der Waals surface area contributed by atoms with Crippen LogP contribution >= 0.6 is 0 Å². The number of nitrogens with zero attached hydrogens (tertiary/aromatic N) is 3. The van der Waals surface area contributed by atoms with Crippen molar-refractivity contribution in [3.63, 3.8) is 0 Å². The highest BCUT2D eigenvalue weighted by molar-refractivity contribution is 7.89. The second-order valence-corrected chi connectivity index (χ2v) is 10.5. The van der Waals surface area contributed by atoms with Crippen molar-refractivity contribution in [1.29, 1.82) is 0 Å². The van der Waals surface area contributed by atoms with E-state index in [9.17, 15) is 16.8 Å². The number of sulfonamides is 2. The SMILES string of the molecule is CN(C)S(=O)(=O)c1ccc(S(=O)(=O)N(Cc2ccccn2)Cc2ccco2)cc1.